The van der Waals surface area contributed by atoms with Crippen LogP contribution in [0.25, 0.3) is 0 Å². The summed E-state index contributed by atoms with van der Waals surface area (Å²) in [6.07, 6.45) is 2.23. The number of aliphatic hydroxyl groups is 1. The Hall–Kier alpha value is -0.870. The highest BCUT2D eigenvalue weighted by molar-refractivity contribution is 9.10. The second kappa shape index (κ2) is 6.72. The predicted octanol–water partition coefficient (Wildman–Crippen LogP) is 3.38. The zero-order valence-corrected chi connectivity index (χ0v) is 14.0. The first-order chi connectivity index (χ1) is 9.21. The Balaban J connectivity index is 2.96. The van der Waals surface area contributed by atoms with Crippen molar-refractivity contribution in [2.75, 3.05) is 6.61 Å². The van der Waals surface area contributed by atoms with Crippen molar-refractivity contribution in [3.63, 3.8) is 0 Å². The summed E-state index contributed by atoms with van der Waals surface area (Å²) < 4.78 is 0.942. The SMILES string of the molecule is CC(C)(CCO)CCC(C)(C(N)=O)c1cccc(Br)c1. The molecule has 0 spiro atoms. The highest BCUT2D eigenvalue weighted by atomic mass is 79.9. The molecule has 1 unspecified atom stereocenters. The minimum Gasteiger partial charge on any atom is -0.396 e. The standard InChI is InChI=1S/C16H24BrNO2/c1-15(2,9-10-19)7-8-16(3,14(18)20)12-5-4-6-13(17)11-12/h4-6,11,19H,7-10H2,1-3H3,(H2,18,20). The third-order valence-electron chi connectivity index (χ3n) is 4.10. The van der Waals surface area contributed by atoms with Gasteiger partial charge in [-0.1, -0.05) is 41.9 Å². The first-order valence-corrected chi connectivity index (χ1v) is 7.67. The van der Waals surface area contributed by atoms with Crippen LogP contribution in [-0.2, 0) is 10.2 Å². The average molecular weight is 342 g/mol. The molecule has 1 atom stereocenters. The van der Waals surface area contributed by atoms with Gasteiger partial charge < -0.3 is 10.8 Å². The summed E-state index contributed by atoms with van der Waals surface area (Å²) in [5.41, 5.74) is 5.90. The fourth-order valence-electron chi connectivity index (χ4n) is 2.26. The summed E-state index contributed by atoms with van der Waals surface area (Å²) in [7, 11) is 0. The molecule has 1 aromatic rings. The van der Waals surface area contributed by atoms with Crippen LogP contribution >= 0.6 is 15.9 Å². The molecule has 0 aliphatic carbocycles. The van der Waals surface area contributed by atoms with Gasteiger partial charge in [0, 0.05) is 11.1 Å². The van der Waals surface area contributed by atoms with Gasteiger partial charge in [-0.15, -0.1) is 0 Å². The van der Waals surface area contributed by atoms with Crippen LogP contribution in [0.15, 0.2) is 28.7 Å². The van der Waals surface area contributed by atoms with E-state index in [1.807, 2.05) is 31.2 Å². The number of primary amides is 1. The Labute approximate surface area is 129 Å². The molecule has 112 valence electrons. The predicted molar refractivity (Wildman–Crippen MR) is 85.4 cm³/mol. The highest BCUT2D eigenvalue weighted by Gasteiger charge is 2.35. The minimum atomic E-state index is -0.684. The topological polar surface area (TPSA) is 63.3 Å². The lowest BCUT2D eigenvalue weighted by molar-refractivity contribution is -0.123. The monoisotopic (exact) mass is 341 g/mol. The Bertz CT molecular complexity index is 473. The van der Waals surface area contributed by atoms with E-state index in [9.17, 15) is 4.79 Å². The first-order valence-electron chi connectivity index (χ1n) is 6.88. The van der Waals surface area contributed by atoms with Gasteiger partial charge in [0.25, 0.3) is 0 Å². The van der Waals surface area contributed by atoms with E-state index in [1.165, 1.54) is 0 Å². The van der Waals surface area contributed by atoms with E-state index in [-0.39, 0.29) is 17.9 Å². The van der Waals surface area contributed by atoms with Gasteiger partial charge in [-0.3, -0.25) is 4.79 Å². The molecule has 0 saturated heterocycles. The van der Waals surface area contributed by atoms with Crippen LogP contribution < -0.4 is 5.73 Å². The Morgan fingerprint density at radius 2 is 1.90 bits per heavy atom. The molecule has 0 bridgehead atoms. The molecule has 1 amide bonds. The number of amides is 1. The molecule has 3 N–H and O–H groups in total. The summed E-state index contributed by atoms with van der Waals surface area (Å²) in [6, 6.07) is 7.73. The maximum Gasteiger partial charge on any atom is 0.227 e. The fourth-order valence-corrected chi connectivity index (χ4v) is 2.66. The van der Waals surface area contributed by atoms with Crippen molar-refractivity contribution in [2.24, 2.45) is 11.1 Å². The normalized spacial score (nSPS) is 14.8. The van der Waals surface area contributed by atoms with E-state index < -0.39 is 5.41 Å². The van der Waals surface area contributed by atoms with Crippen LogP contribution in [-0.4, -0.2) is 17.6 Å². The highest BCUT2D eigenvalue weighted by Crippen LogP contribution is 2.36. The molecule has 0 aliphatic rings. The molecule has 1 aromatic carbocycles. The zero-order chi connectivity index (χ0) is 15.4. The van der Waals surface area contributed by atoms with Crippen molar-refractivity contribution >= 4 is 21.8 Å². The smallest absolute Gasteiger partial charge is 0.227 e. The zero-order valence-electron chi connectivity index (χ0n) is 12.4. The van der Waals surface area contributed by atoms with E-state index in [2.05, 4.69) is 29.8 Å². The number of carbonyl (C=O) groups excluding carboxylic acids is 1. The Morgan fingerprint density at radius 3 is 2.40 bits per heavy atom. The molecular formula is C16H24BrNO2. The molecule has 0 fully saturated rings. The van der Waals surface area contributed by atoms with Crippen molar-refractivity contribution in [1.82, 2.24) is 0 Å². The second-order valence-electron chi connectivity index (χ2n) is 6.34. The van der Waals surface area contributed by atoms with E-state index in [4.69, 9.17) is 10.8 Å². The van der Waals surface area contributed by atoms with Gasteiger partial charge in [0.05, 0.1) is 5.41 Å². The third kappa shape index (κ3) is 4.32. The molecule has 0 aromatic heterocycles. The molecule has 3 nitrogen and oxygen atoms in total. The number of hydrogen-bond acceptors (Lipinski definition) is 2. The van der Waals surface area contributed by atoms with E-state index in [0.29, 0.717) is 6.42 Å². The molecular weight excluding hydrogens is 318 g/mol. The third-order valence-corrected chi connectivity index (χ3v) is 4.59. The summed E-state index contributed by atoms with van der Waals surface area (Å²) in [6.45, 7) is 6.26. The van der Waals surface area contributed by atoms with E-state index in [0.717, 1.165) is 22.9 Å². The Kier molecular flexibility index (Phi) is 5.78. The summed E-state index contributed by atoms with van der Waals surface area (Å²) >= 11 is 3.43. The number of aliphatic hydroxyl groups excluding tert-OH is 1. The number of rotatable bonds is 7. The largest absolute Gasteiger partial charge is 0.396 e. The number of halogens is 1. The molecule has 0 saturated carbocycles. The van der Waals surface area contributed by atoms with Crippen molar-refractivity contribution in [2.45, 2.75) is 45.4 Å². The maximum absolute atomic E-state index is 12.0. The average Bonchev–Trinajstić information content (AvgIpc) is 2.35. The molecule has 0 aliphatic heterocycles. The van der Waals surface area contributed by atoms with Gasteiger partial charge in [-0.05, 0) is 49.3 Å². The lowest BCUT2D eigenvalue weighted by Gasteiger charge is -2.32. The van der Waals surface area contributed by atoms with Crippen molar-refractivity contribution < 1.29 is 9.90 Å². The minimum absolute atomic E-state index is 0.00251. The van der Waals surface area contributed by atoms with Gasteiger partial charge in [-0.2, -0.15) is 0 Å². The molecule has 0 heterocycles. The van der Waals surface area contributed by atoms with Gasteiger partial charge >= 0.3 is 0 Å². The van der Waals surface area contributed by atoms with Crippen molar-refractivity contribution in [3.05, 3.63) is 34.3 Å². The number of hydrogen-bond donors (Lipinski definition) is 2. The number of benzene rings is 1. The van der Waals surface area contributed by atoms with Gasteiger partial charge in [0.15, 0.2) is 0 Å². The van der Waals surface area contributed by atoms with Crippen LogP contribution in [0.2, 0.25) is 0 Å². The van der Waals surface area contributed by atoms with Crippen molar-refractivity contribution in [1.29, 1.82) is 0 Å². The lowest BCUT2D eigenvalue weighted by Crippen LogP contribution is -2.39. The lowest BCUT2D eigenvalue weighted by atomic mass is 9.72. The van der Waals surface area contributed by atoms with Crippen LogP contribution in [0.1, 0.15) is 45.6 Å². The second-order valence-corrected chi connectivity index (χ2v) is 7.26. The van der Waals surface area contributed by atoms with Gasteiger partial charge in [0.1, 0.15) is 0 Å². The van der Waals surface area contributed by atoms with E-state index in [1.54, 1.807) is 0 Å². The fraction of sp³-hybridized carbons (Fsp3) is 0.562. The molecule has 4 heteroatoms. The summed E-state index contributed by atoms with van der Waals surface area (Å²) in [5.74, 6) is -0.310. The van der Waals surface area contributed by atoms with Crippen LogP contribution in [0.4, 0.5) is 0 Å². The van der Waals surface area contributed by atoms with Crippen LogP contribution in [0, 0.1) is 5.41 Å². The summed E-state index contributed by atoms with van der Waals surface area (Å²) in [4.78, 5) is 12.0. The Morgan fingerprint density at radius 1 is 1.25 bits per heavy atom. The number of nitrogens with two attached hydrogens (primary N) is 1. The van der Waals surface area contributed by atoms with Crippen LogP contribution in [0.3, 0.4) is 0 Å². The first kappa shape index (κ1) is 17.2. The van der Waals surface area contributed by atoms with Gasteiger partial charge in [0.2, 0.25) is 5.91 Å². The molecule has 20 heavy (non-hydrogen) atoms. The molecule has 1 rings (SSSR count). The summed E-state index contributed by atoms with van der Waals surface area (Å²) in [5, 5.41) is 9.10. The molecule has 0 radical (unpaired) electrons. The van der Waals surface area contributed by atoms with E-state index >= 15 is 0 Å². The van der Waals surface area contributed by atoms with Crippen molar-refractivity contribution in [3.8, 4) is 0 Å². The number of carbonyl (C=O) groups is 1. The quantitative estimate of drug-likeness (QED) is 0.798. The van der Waals surface area contributed by atoms with Gasteiger partial charge in [-0.25, -0.2) is 0 Å². The maximum atomic E-state index is 12.0. The van der Waals surface area contributed by atoms with Crippen LogP contribution in [0.5, 0.6) is 0 Å².